The molecule has 14 heavy (non-hydrogen) atoms. The van der Waals surface area contributed by atoms with E-state index in [-0.39, 0.29) is 5.67 Å². The summed E-state index contributed by atoms with van der Waals surface area (Å²) in [4.78, 5) is 4.08. The van der Waals surface area contributed by atoms with E-state index in [1.165, 1.54) is 0 Å². The summed E-state index contributed by atoms with van der Waals surface area (Å²) >= 11 is 0. The lowest BCUT2D eigenvalue weighted by atomic mass is 10.5. The van der Waals surface area contributed by atoms with E-state index in [1.807, 2.05) is 6.92 Å². The third-order valence-corrected chi connectivity index (χ3v) is 4.83. The first-order valence-electron chi connectivity index (χ1n) is 4.56. The highest BCUT2D eigenvalue weighted by Gasteiger charge is 2.44. The van der Waals surface area contributed by atoms with Crippen LogP contribution in [0, 0.1) is 0 Å². The summed E-state index contributed by atoms with van der Waals surface area (Å²) in [7, 11) is 1.97. The Morgan fingerprint density at radius 1 is 1.29 bits per heavy atom. The van der Waals surface area contributed by atoms with Crippen molar-refractivity contribution in [2.24, 2.45) is 10.7 Å². The maximum atomic E-state index is 5.92. The highest BCUT2D eigenvalue weighted by atomic mass is 28.4. The molecular weight excluding hydrogens is 200 g/mol. The minimum absolute atomic E-state index is 0.266. The minimum Gasteiger partial charge on any atom is -0.376 e. The molecule has 0 bridgehead atoms. The highest BCUT2D eigenvalue weighted by Crippen LogP contribution is 2.11. The van der Waals surface area contributed by atoms with Crippen LogP contribution in [0.15, 0.2) is 4.99 Å². The smallest absolute Gasteiger partial charge is 0.376 e. The van der Waals surface area contributed by atoms with Crippen LogP contribution in [-0.2, 0) is 13.3 Å². The topological polar surface area (TPSA) is 66.1 Å². The molecule has 0 saturated carbocycles. The van der Waals surface area contributed by atoms with Gasteiger partial charge in [0.05, 0.1) is 5.67 Å². The van der Waals surface area contributed by atoms with Crippen LogP contribution >= 0.6 is 0 Å². The molecule has 5 nitrogen and oxygen atoms in total. The van der Waals surface area contributed by atoms with Crippen molar-refractivity contribution in [3.63, 3.8) is 0 Å². The van der Waals surface area contributed by atoms with Crippen molar-refractivity contribution in [3.8, 4) is 0 Å². The normalized spacial score (nSPS) is 14.9. The summed E-state index contributed by atoms with van der Waals surface area (Å²) in [5, 5.41) is 0. The van der Waals surface area contributed by atoms with Crippen molar-refractivity contribution in [2.75, 3.05) is 27.9 Å². The van der Waals surface area contributed by atoms with Gasteiger partial charge in [-0.3, -0.25) is 4.99 Å². The number of rotatable bonds is 7. The van der Waals surface area contributed by atoms with Gasteiger partial charge in [0.15, 0.2) is 0 Å². The average Bonchev–Trinajstić information content (AvgIpc) is 2.22. The number of aliphatic imine (C=N–C) groups is 1. The van der Waals surface area contributed by atoms with Crippen LogP contribution < -0.4 is 5.73 Å². The zero-order valence-electron chi connectivity index (χ0n) is 9.32. The Balaban J connectivity index is 4.28. The van der Waals surface area contributed by atoms with Crippen LogP contribution in [0.1, 0.15) is 13.3 Å². The van der Waals surface area contributed by atoms with Gasteiger partial charge in [-0.1, -0.05) is 0 Å². The lowest BCUT2D eigenvalue weighted by Gasteiger charge is -2.28. The summed E-state index contributed by atoms with van der Waals surface area (Å²) in [5.41, 5.74) is 5.65. The van der Waals surface area contributed by atoms with Gasteiger partial charge in [-0.15, -0.1) is 0 Å². The maximum absolute atomic E-state index is 5.92. The monoisotopic (exact) mass is 220 g/mol. The van der Waals surface area contributed by atoms with Crippen molar-refractivity contribution in [3.05, 3.63) is 0 Å². The van der Waals surface area contributed by atoms with Crippen LogP contribution in [0.4, 0.5) is 0 Å². The molecule has 0 aliphatic carbocycles. The Labute approximate surface area is 86.6 Å². The SMILES string of the molecule is CCN=CCC(N)[Si](OC)(OC)OC. The Kier molecular flexibility index (Phi) is 6.94. The van der Waals surface area contributed by atoms with Crippen LogP contribution in [-0.4, -0.2) is 48.6 Å². The molecule has 0 aliphatic heterocycles. The Hall–Kier alpha value is -0.273. The fraction of sp³-hybridized carbons (Fsp3) is 0.875. The molecule has 0 amide bonds. The molecule has 0 spiro atoms. The van der Waals surface area contributed by atoms with E-state index in [0.717, 1.165) is 6.54 Å². The van der Waals surface area contributed by atoms with Gasteiger partial charge in [0.25, 0.3) is 0 Å². The highest BCUT2D eigenvalue weighted by molar-refractivity contribution is 6.62. The largest absolute Gasteiger partial charge is 0.518 e. The van der Waals surface area contributed by atoms with Gasteiger partial charge in [-0.25, -0.2) is 0 Å². The quantitative estimate of drug-likeness (QED) is 0.492. The molecule has 0 saturated heterocycles. The van der Waals surface area contributed by atoms with Crippen LogP contribution in [0.25, 0.3) is 0 Å². The predicted molar refractivity (Wildman–Crippen MR) is 58.4 cm³/mol. The van der Waals surface area contributed by atoms with Gasteiger partial charge < -0.3 is 19.0 Å². The number of hydrogen-bond acceptors (Lipinski definition) is 5. The molecule has 84 valence electrons. The summed E-state index contributed by atoms with van der Waals surface area (Å²) in [6.07, 6.45) is 2.39. The van der Waals surface area contributed by atoms with Gasteiger partial charge in [0.1, 0.15) is 0 Å². The maximum Gasteiger partial charge on any atom is 0.518 e. The summed E-state index contributed by atoms with van der Waals surface area (Å²) in [5.74, 6) is 0. The van der Waals surface area contributed by atoms with Crippen molar-refractivity contribution >= 4 is 15.0 Å². The van der Waals surface area contributed by atoms with E-state index in [4.69, 9.17) is 19.0 Å². The zero-order chi connectivity index (χ0) is 11.0. The summed E-state index contributed by atoms with van der Waals surface area (Å²) in [6.45, 7) is 2.73. The fourth-order valence-electron chi connectivity index (χ4n) is 1.17. The molecule has 0 radical (unpaired) electrons. The van der Waals surface area contributed by atoms with Crippen molar-refractivity contribution in [2.45, 2.75) is 19.0 Å². The fourth-order valence-corrected chi connectivity index (χ4v) is 2.97. The van der Waals surface area contributed by atoms with E-state index >= 15 is 0 Å². The predicted octanol–water partition coefficient (Wildman–Crippen LogP) is 0.212. The number of nitrogens with two attached hydrogens (primary N) is 1. The molecule has 2 N–H and O–H groups in total. The van der Waals surface area contributed by atoms with E-state index in [9.17, 15) is 0 Å². The second-order valence-corrected chi connectivity index (χ2v) is 5.91. The van der Waals surface area contributed by atoms with Gasteiger partial charge in [-0.05, 0) is 6.92 Å². The first kappa shape index (κ1) is 13.7. The van der Waals surface area contributed by atoms with Gasteiger partial charge in [0, 0.05) is 40.5 Å². The Morgan fingerprint density at radius 3 is 2.14 bits per heavy atom. The first-order valence-corrected chi connectivity index (χ1v) is 6.36. The van der Waals surface area contributed by atoms with Gasteiger partial charge in [0.2, 0.25) is 0 Å². The standard InChI is InChI=1S/C8H20N2O3Si/c1-5-10-7-6-8(9)14(11-2,12-3)13-4/h7-8H,5-6,9H2,1-4H3. The molecule has 0 aromatic rings. The molecule has 0 heterocycles. The second-order valence-electron chi connectivity index (χ2n) is 2.74. The van der Waals surface area contributed by atoms with Crippen LogP contribution in [0.2, 0.25) is 0 Å². The second kappa shape index (κ2) is 7.08. The average molecular weight is 220 g/mol. The van der Waals surface area contributed by atoms with Crippen molar-refractivity contribution in [1.82, 2.24) is 0 Å². The lowest BCUT2D eigenvalue weighted by Crippen LogP contribution is -2.58. The molecule has 1 unspecified atom stereocenters. The van der Waals surface area contributed by atoms with Crippen molar-refractivity contribution < 1.29 is 13.3 Å². The van der Waals surface area contributed by atoms with Gasteiger partial charge >= 0.3 is 8.80 Å². The molecule has 1 atom stereocenters. The first-order chi connectivity index (χ1) is 6.66. The molecule has 0 aromatic carbocycles. The summed E-state index contributed by atoms with van der Waals surface area (Å²) in [6, 6.07) is 0. The van der Waals surface area contributed by atoms with Crippen LogP contribution in [0.3, 0.4) is 0 Å². The van der Waals surface area contributed by atoms with E-state index in [0.29, 0.717) is 6.42 Å². The molecule has 0 fully saturated rings. The minimum atomic E-state index is -2.68. The molecule has 0 aliphatic rings. The molecular formula is C8H20N2O3Si. The van der Waals surface area contributed by atoms with Crippen LogP contribution in [0.5, 0.6) is 0 Å². The number of hydrogen-bond donors (Lipinski definition) is 1. The third kappa shape index (κ3) is 3.47. The van der Waals surface area contributed by atoms with E-state index in [2.05, 4.69) is 4.99 Å². The lowest BCUT2D eigenvalue weighted by molar-refractivity contribution is 0.113. The third-order valence-electron chi connectivity index (χ3n) is 1.98. The molecule has 6 heteroatoms. The Morgan fingerprint density at radius 2 is 1.79 bits per heavy atom. The zero-order valence-corrected chi connectivity index (χ0v) is 10.3. The van der Waals surface area contributed by atoms with Crippen molar-refractivity contribution in [1.29, 1.82) is 0 Å². The number of nitrogens with zero attached hydrogens (tertiary/aromatic N) is 1. The van der Waals surface area contributed by atoms with Gasteiger partial charge in [-0.2, -0.15) is 0 Å². The molecule has 0 aromatic heterocycles. The van der Waals surface area contributed by atoms with E-state index < -0.39 is 8.80 Å². The van der Waals surface area contributed by atoms with E-state index in [1.54, 1.807) is 27.5 Å². The molecule has 0 rings (SSSR count). The summed E-state index contributed by atoms with van der Waals surface area (Å²) < 4.78 is 15.7. The Bertz CT molecular complexity index is 166.